The third-order valence-electron chi connectivity index (χ3n) is 4.08. The largest absolute Gasteiger partial charge is 0.497 e. The number of aromatic nitrogens is 2. The van der Waals surface area contributed by atoms with Crippen molar-refractivity contribution in [3.63, 3.8) is 0 Å². The molecule has 0 fully saturated rings. The molecule has 0 aliphatic heterocycles. The SMILES string of the molecule is CC[C@H](NC(=O)c1ccc(OC)cc1)c1ncc(-c2ccccc2)[nH]1. The average molecular weight is 335 g/mol. The molecule has 0 aliphatic carbocycles. The summed E-state index contributed by atoms with van der Waals surface area (Å²) < 4.78 is 5.12. The molecule has 1 atom stereocenters. The highest BCUT2D eigenvalue weighted by Gasteiger charge is 2.17. The molecule has 0 radical (unpaired) electrons. The molecule has 0 aliphatic rings. The smallest absolute Gasteiger partial charge is 0.251 e. The molecule has 0 saturated carbocycles. The van der Waals surface area contributed by atoms with Gasteiger partial charge in [-0.25, -0.2) is 4.98 Å². The average Bonchev–Trinajstić information content (AvgIpc) is 3.16. The number of ether oxygens (including phenoxy) is 1. The van der Waals surface area contributed by atoms with Crippen LogP contribution in [0.2, 0.25) is 0 Å². The van der Waals surface area contributed by atoms with Crippen molar-refractivity contribution in [2.45, 2.75) is 19.4 Å². The molecule has 2 N–H and O–H groups in total. The standard InChI is InChI=1S/C20H21N3O2/c1-3-17(23-20(24)15-9-11-16(25-2)12-10-15)19-21-13-18(22-19)14-7-5-4-6-8-14/h4-13,17H,3H2,1-2H3,(H,21,22)(H,23,24)/t17-/m0/s1. The van der Waals surface area contributed by atoms with Gasteiger partial charge < -0.3 is 15.0 Å². The van der Waals surface area contributed by atoms with Gasteiger partial charge in [0.2, 0.25) is 0 Å². The van der Waals surface area contributed by atoms with Crippen molar-refractivity contribution in [1.82, 2.24) is 15.3 Å². The molecule has 1 heterocycles. The van der Waals surface area contributed by atoms with Gasteiger partial charge in [0.15, 0.2) is 0 Å². The fourth-order valence-corrected chi connectivity index (χ4v) is 2.63. The van der Waals surface area contributed by atoms with Gasteiger partial charge in [0, 0.05) is 5.56 Å². The second-order valence-electron chi connectivity index (χ2n) is 5.71. The van der Waals surface area contributed by atoms with E-state index in [9.17, 15) is 4.79 Å². The van der Waals surface area contributed by atoms with Gasteiger partial charge in [-0.3, -0.25) is 4.79 Å². The minimum absolute atomic E-state index is 0.132. The van der Waals surface area contributed by atoms with E-state index in [1.54, 1.807) is 37.6 Å². The number of aromatic amines is 1. The lowest BCUT2D eigenvalue weighted by Gasteiger charge is -2.15. The molecule has 0 saturated heterocycles. The van der Waals surface area contributed by atoms with Gasteiger partial charge >= 0.3 is 0 Å². The Morgan fingerprint density at radius 3 is 2.52 bits per heavy atom. The first-order valence-corrected chi connectivity index (χ1v) is 8.26. The molecular weight excluding hydrogens is 314 g/mol. The van der Waals surface area contributed by atoms with Gasteiger partial charge in [-0.2, -0.15) is 0 Å². The summed E-state index contributed by atoms with van der Waals surface area (Å²) in [5.41, 5.74) is 2.60. The number of methoxy groups -OCH3 is 1. The number of rotatable bonds is 6. The maximum atomic E-state index is 12.5. The highest BCUT2D eigenvalue weighted by atomic mass is 16.5. The summed E-state index contributed by atoms with van der Waals surface area (Å²) in [6.07, 6.45) is 2.54. The number of carbonyl (C=O) groups excluding carboxylic acids is 1. The lowest BCUT2D eigenvalue weighted by molar-refractivity contribution is 0.0934. The lowest BCUT2D eigenvalue weighted by Crippen LogP contribution is -2.28. The predicted octanol–water partition coefficient (Wildman–Crippen LogP) is 3.97. The van der Waals surface area contributed by atoms with Crippen LogP contribution in [0, 0.1) is 0 Å². The molecule has 2 aromatic carbocycles. The number of hydrogen-bond donors (Lipinski definition) is 2. The summed E-state index contributed by atoms with van der Waals surface area (Å²) in [6.45, 7) is 2.02. The van der Waals surface area contributed by atoms with Crippen LogP contribution in [0.15, 0.2) is 60.8 Å². The zero-order chi connectivity index (χ0) is 17.6. The fourth-order valence-electron chi connectivity index (χ4n) is 2.63. The van der Waals surface area contributed by atoms with Gasteiger partial charge in [0.05, 0.1) is 25.0 Å². The Balaban J connectivity index is 1.74. The Bertz CT molecular complexity index is 826. The number of hydrogen-bond acceptors (Lipinski definition) is 3. The summed E-state index contributed by atoms with van der Waals surface area (Å²) in [6, 6.07) is 16.9. The van der Waals surface area contributed by atoms with E-state index >= 15 is 0 Å². The fraction of sp³-hybridized carbons (Fsp3) is 0.200. The normalized spacial score (nSPS) is 11.8. The molecule has 128 valence electrons. The second kappa shape index (κ2) is 7.66. The molecule has 0 unspecified atom stereocenters. The van der Waals surface area contributed by atoms with Crippen LogP contribution < -0.4 is 10.1 Å². The van der Waals surface area contributed by atoms with Gasteiger partial charge in [-0.15, -0.1) is 0 Å². The second-order valence-corrected chi connectivity index (χ2v) is 5.71. The van der Waals surface area contributed by atoms with Crippen molar-refractivity contribution in [1.29, 1.82) is 0 Å². The minimum Gasteiger partial charge on any atom is -0.497 e. The van der Waals surface area contributed by atoms with E-state index in [2.05, 4.69) is 15.3 Å². The third-order valence-corrected chi connectivity index (χ3v) is 4.08. The van der Waals surface area contributed by atoms with Gasteiger partial charge in [-0.1, -0.05) is 37.3 Å². The first-order chi connectivity index (χ1) is 12.2. The number of H-pyrrole nitrogens is 1. The van der Waals surface area contributed by atoms with Crippen molar-refractivity contribution < 1.29 is 9.53 Å². The van der Waals surface area contributed by atoms with E-state index < -0.39 is 0 Å². The predicted molar refractivity (Wildman–Crippen MR) is 97.5 cm³/mol. The molecule has 1 amide bonds. The molecule has 3 aromatic rings. The summed E-state index contributed by atoms with van der Waals surface area (Å²) in [5, 5.41) is 3.03. The maximum Gasteiger partial charge on any atom is 0.251 e. The van der Waals surface area contributed by atoms with Crippen molar-refractivity contribution in [2.75, 3.05) is 7.11 Å². The lowest BCUT2D eigenvalue weighted by atomic mass is 10.1. The highest BCUT2D eigenvalue weighted by Crippen LogP contribution is 2.21. The van der Waals surface area contributed by atoms with Crippen LogP contribution in [0.3, 0.4) is 0 Å². The molecule has 0 spiro atoms. The van der Waals surface area contributed by atoms with Crippen LogP contribution in [0.1, 0.15) is 35.6 Å². The molecule has 0 bridgehead atoms. The quantitative estimate of drug-likeness (QED) is 0.716. The molecule has 3 rings (SSSR count). The van der Waals surface area contributed by atoms with Crippen LogP contribution in [-0.4, -0.2) is 23.0 Å². The van der Waals surface area contributed by atoms with E-state index in [-0.39, 0.29) is 11.9 Å². The molecule has 1 aromatic heterocycles. The third kappa shape index (κ3) is 3.88. The summed E-state index contributed by atoms with van der Waals surface area (Å²) in [4.78, 5) is 20.2. The number of imidazole rings is 1. The van der Waals surface area contributed by atoms with Gasteiger partial charge in [0.25, 0.3) is 5.91 Å². The summed E-state index contributed by atoms with van der Waals surface area (Å²) in [7, 11) is 1.60. The zero-order valence-corrected chi connectivity index (χ0v) is 14.3. The van der Waals surface area contributed by atoms with Crippen LogP contribution in [0.5, 0.6) is 5.75 Å². The number of benzene rings is 2. The first kappa shape index (κ1) is 16.8. The monoisotopic (exact) mass is 335 g/mol. The van der Waals surface area contributed by atoms with Crippen LogP contribution in [0.4, 0.5) is 0 Å². The molecule has 5 nitrogen and oxygen atoms in total. The van der Waals surface area contributed by atoms with E-state index in [0.717, 1.165) is 29.3 Å². The summed E-state index contributed by atoms with van der Waals surface area (Å²) in [5.74, 6) is 1.34. The van der Waals surface area contributed by atoms with E-state index in [1.165, 1.54) is 0 Å². The number of carbonyl (C=O) groups is 1. The van der Waals surface area contributed by atoms with E-state index in [4.69, 9.17) is 4.74 Å². The van der Waals surface area contributed by atoms with Crippen molar-refractivity contribution in [3.8, 4) is 17.0 Å². The Kier molecular flexibility index (Phi) is 5.14. The van der Waals surface area contributed by atoms with Crippen LogP contribution in [-0.2, 0) is 0 Å². The molecular formula is C20H21N3O2. The van der Waals surface area contributed by atoms with Gasteiger partial charge in [0.1, 0.15) is 11.6 Å². The van der Waals surface area contributed by atoms with E-state index in [0.29, 0.717) is 5.56 Å². The molecule has 25 heavy (non-hydrogen) atoms. The van der Waals surface area contributed by atoms with Crippen LogP contribution in [0.25, 0.3) is 11.3 Å². The Morgan fingerprint density at radius 2 is 1.88 bits per heavy atom. The van der Waals surface area contributed by atoms with Gasteiger partial charge in [-0.05, 0) is 36.2 Å². The zero-order valence-electron chi connectivity index (χ0n) is 14.3. The number of nitrogens with zero attached hydrogens (tertiary/aromatic N) is 1. The first-order valence-electron chi connectivity index (χ1n) is 8.26. The minimum atomic E-state index is -0.174. The Morgan fingerprint density at radius 1 is 1.16 bits per heavy atom. The highest BCUT2D eigenvalue weighted by molar-refractivity contribution is 5.94. The maximum absolute atomic E-state index is 12.5. The van der Waals surface area contributed by atoms with Crippen molar-refractivity contribution in [3.05, 3.63) is 72.2 Å². The van der Waals surface area contributed by atoms with Crippen LogP contribution >= 0.6 is 0 Å². The summed E-state index contributed by atoms with van der Waals surface area (Å²) >= 11 is 0. The molecule has 5 heteroatoms. The van der Waals surface area contributed by atoms with E-state index in [1.807, 2.05) is 37.3 Å². The topological polar surface area (TPSA) is 67.0 Å². The Hall–Kier alpha value is -3.08. The number of amides is 1. The van der Waals surface area contributed by atoms with Crippen molar-refractivity contribution >= 4 is 5.91 Å². The van der Waals surface area contributed by atoms with Crippen molar-refractivity contribution in [2.24, 2.45) is 0 Å². The Labute approximate surface area is 147 Å². The number of nitrogens with one attached hydrogen (secondary N) is 2.